The highest BCUT2D eigenvalue weighted by Crippen LogP contribution is 2.33. The Morgan fingerprint density at radius 3 is 1.97 bits per heavy atom. The van der Waals surface area contributed by atoms with Crippen LogP contribution in [0.25, 0.3) is 33.6 Å². The molecule has 3 aromatic heterocycles. The van der Waals surface area contributed by atoms with Crippen molar-refractivity contribution in [2.75, 3.05) is 0 Å². The molecule has 188 valence electrons. The molecule has 8 nitrogen and oxygen atoms in total. The molecule has 0 aliphatic carbocycles. The van der Waals surface area contributed by atoms with E-state index in [4.69, 9.17) is 28.3 Å². The van der Waals surface area contributed by atoms with E-state index in [-0.39, 0.29) is 12.1 Å². The van der Waals surface area contributed by atoms with E-state index in [2.05, 4.69) is 5.10 Å². The first-order valence-corrected chi connectivity index (χ1v) is 12.5. The van der Waals surface area contributed by atoms with Crippen LogP contribution in [0.3, 0.4) is 0 Å². The third-order valence-corrected chi connectivity index (χ3v) is 6.91. The third-order valence-electron chi connectivity index (χ3n) is 6.40. The van der Waals surface area contributed by atoms with E-state index >= 15 is 0 Å². The van der Waals surface area contributed by atoms with E-state index in [1.165, 1.54) is 13.9 Å². The minimum Gasteiger partial charge on any atom is -0.267 e. The van der Waals surface area contributed by atoms with Crippen LogP contribution in [0.4, 0.5) is 0 Å². The fourth-order valence-electron chi connectivity index (χ4n) is 4.52. The number of aryl methyl sites for hydroxylation is 1. The SMILES string of the molecule is Cn1c(=O)c(-c2ccc(Cl)cc2)c(-c2ccc(Cl)cc2)c2nn(Cc3ccc(-n4cccn4)cc3)c(=O)n21. The number of hydrogen-bond acceptors (Lipinski definition) is 4. The summed E-state index contributed by atoms with van der Waals surface area (Å²) in [6.07, 6.45) is 3.57. The average molecular weight is 543 g/mol. The van der Waals surface area contributed by atoms with Gasteiger partial charge >= 0.3 is 5.69 Å². The van der Waals surface area contributed by atoms with Gasteiger partial charge in [0.15, 0.2) is 5.65 Å². The zero-order valence-corrected chi connectivity index (χ0v) is 21.6. The number of fused-ring (bicyclic) bond motifs is 1. The Balaban J connectivity index is 1.55. The van der Waals surface area contributed by atoms with Crippen molar-refractivity contribution in [3.8, 4) is 27.9 Å². The van der Waals surface area contributed by atoms with Gasteiger partial charge in [-0.25, -0.2) is 18.8 Å². The second-order valence-electron chi connectivity index (χ2n) is 8.79. The van der Waals surface area contributed by atoms with E-state index in [1.54, 1.807) is 54.3 Å². The maximum absolute atomic E-state index is 13.7. The Kier molecular flexibility index (Phi) is 5.98. The molecule has 0 radical (unpaired) electrons. The molecule has 6 aromatic rings. The summed E-state index contributed by atoms with van der Waals surface area (Å²) in [5.41, 5.74) is 3.71. The van der Waals surface area contributed by atoms with Crippen molar-refractivity contribution in [2.24, 2.45) is 7.05 Å². The fraction of sp³-hybridized carbons (Fsp3) is 0.0714. The molecule has 3 heterocycles. The number of aromatic nitrogens is 6. The van der Waals surface area contributed by atoms with Gasteiger partial charge < -0.3 is 0 Å². The predicted octanol–water partition coefficient (Wildman–Crippen LogP) is 5.07. The van der Waals surface area contributed by atoms with Crippen molar-refractivity contribution in [1.82, 2.24) is 28.8 Å². The zero-order chi connectivity index (χ0) is 26.4. The van der Waals surface area contributed by atoms with Crippen molar-refractivity contribution in [3.63, 3.8) is 0 Å². The lowest BCUT2D eigenvalue weighted by Gasteiger charge is -2.13. The molecule has 0 unspecified atom stereocenters. The van der Waals surface area contributed by atoms with Crippen LogP contribution in [0, 0.1) is 0 Å². The number of halogens is 2. The monoisotopic (exact) mass is 542 g/mol. The average Bonchev–Trinajstić information content (AvgIpc) is 3.57. The van der Waals surface area contributed by atoms with Gasteiger partial charge in [-0.1, -0.05) is 59.6 Å². The summed E-state index contributed by atoms with van der Waals surface area (Å²) in [7, 11) is 1.56. The molecule has 6 rings (SSSR count). The topological polar surface area (TPSA) is 79.1 Å². The number of rotatable bonds is 5. The number of hydrogen-bond donors (Lipinski definition) is 0. The highest BCUT2D eigenvalue weighted by molar-refractivity contribution is 6.31. The van der Waals surface area contributed by atoms with Gasteiger partial charge in [0.05, 0.1) is 17.8 Å². The quantitative estimate of drug-likeness (QED) is 0.304. The van der Waals surface area contributed by atoms with Gasteiger partial charge in [0.2, 0.25) is 0 Å². The largest absolute Gasteiger partial charge is 0.365 e. The first kappa shape index (κ1) is 24.0. The number of nitrogens with zero attached hydrogens (tertiary/aromatic N) is 6. The zero-order valence-electron chi connectivity index (χ0n) is 20.1. The molecule has 0 aliphatic heterocycles. The van der Waals surface area contributed by atoms with E-state index in [9.17, 15) is 9.59 Å². The van der Waals surface area contributed by atoms with E-state index in [0.717, 1.165) is 11.3 Å². The molecule has 0 fully saturated rings. The smallest absolute Gasteiger partial charge is 0.267 e. The fourth-order valence-corrected chi connectivity index (χ4v) is 4.77. The van der Waals surface area contributed by atoms with Crippen LogP contribution < -0.4 is 11.2 Å². The molecule has 0 N–H and O–H groups in total. The highest BCUT2D eigenvalue weighted by Gasteiger charge is 2.23. The second-order valence-corrected chi connectivity index (χ2v) is 9.66. The van der Waals surface area contributed by atoms with E-state index in [0.29, 0.717) is 37.9 Å². The minimum absolute atomic E-state index is 0.227. The Hall–Kier alpha value is -4.40. The molecular weight excluding hydrogens is 523 g/mol. The Bertz CT molecular complexity index is 1880. The Morgan fingerprint density at radius 2 is 1.39 bits per heavy atom. The normalized spacial score (nSPS) is 11.3. The standard InChI is InChI=1S/C28H20Cl2N6O2/c1-33-27(37)25(20-7-11-22(30)12-8-20)24(19-5-9-21(29)10-6-19)26-32-35(28(38)36(26)33)17-18-3-13-23(14-4-18)34-16-2-15-31-34/h2-16H,17H2,1H3. The predicted molar refractivity (Wildman–Crippen MR) is 148 cm³/mol. The summed E-state index contributed by atoms with van der Waals surface area (Å²) in [5, 5.41) is 10.1. The summed E-state index contributed by atoms with van der Waals surface area (Å²) in [5.74, 6) is 0. The maximum Gasteiger partial charge on any atom is 0.365 e. The van der Waals surface area contributed by atoms with Crippen LogP contribution in [-0.4, -0.2) is 28.8 Å². The number of benzene rings is 3. The van der Waals surface area contributed by atoms with Crippen molar-refractivity contribution < 1.29 is 0 Å². The molecule has 3 aromatic carbocycles. The Morgan fingerprint density at radius 1 is 0.789 bits per heavy atom. The van der Waals surface area contributed by atoms with Gasteiger partial charge in [-0.15, -0.1) is 5.10 Å². The summed E-state index contributed by atoms with van der Waals surface area (Å²) in [6, 6.07) is 23.7. The third kappa shape index (κ3) is 4.13. The summed E-state index contributed by atoms with van der Waals surface area (Å²) in [6.45, 7) is 0.227. The molecule has 0 spiro atoms. The summed E-state index contributed by atoms with van der Waals surface area (Å²) < 4.78 is 5.73. The first-order chi connectivity index (χ1) is 18.4. The molecule has 0 saturated heterocycles. The van der Waals surface area contributed by atoms with Gasteiger partial charge in [-0.2, -0.15) is 9.61 Å². The molecule has 0 aliphatic rings. The second kappa shape index (κ2) is 9.48. The van der Waals surface area contributed by atoms with Gasteiger partial charge in [0.25, 0.3) is 5.56 Å². The highest BCUT2D eigenvalue weighted by atomic mass is 35.5. The van der Waals surface area contributed by atoms with Gasteiger partial charge in [0, 0.05) is 35.1 Å². The lowest BCUT2D eigenvalue weighted by Crippen LogP contribution is -2.33. The molecule has 0 atom stereocenters. The lowest BCUT2D eigenvalue weighted by atomic mass is 9.96. The molecule has 38 heavy (non-hydrogen) atoms. The molecule has 0 amide bonds. The molecule has 0 bridgehead atoms. The van der Waals surface area contributed by atoms with Crippen LogP contribution in [-0.2, 0) is 13.6 Å². The van der Waals surface area contributed by atoms with Crippen LogP contribution in [0.1, 0.15) is 5.56 Å². The van der Waals surface area contributed by atoms with E-state index < -0.39 is 5.69 Å². The minimum atomic E-state index is -0.423. The van der Waals surface area contributed by atoms with Crippen LogP contribution in [0.15, 0.2) is 101 Å². The molecule has 0 saturated carbocycles. The molecular formula is C28H20Cl2N6O2. The van der Waals surface area contributed by atoms with Crippen molar-refractivity contribution in [2.45, 2.75) is 6.54 Å². The van der Waals surface area contributed by atoms with Crippen LogP contribution >= 0.6 is 23.2 Å². The summed E-state index contributed by atoms with van der Waals surface area (Å²) >= 11 is 12.3. The molecule has 10 heteroatoms. The Labute approximate surface area is 226 Å². The van der Waals surface area contributed by atoms with Gasteiger partial charge in [-0.05, 0) is 59.2 Å². The van der Waals surface area contributed by atoms with Gasteiger partial charge in [0.1, 0.15) is 0 Å². The van der Waals surface area contributed by atoms with Crippen LogP contribution in [0.5, 0.6) is 0 Å². The first-order valence-electron chi connectivity index (χ1n) is 11.7. The summed E-state index contributed by atoms with van der Waals surface area (Å²) in [4.78, 5) is 27.2. The van der Waals surface area contributed by atoms with E-state index in [1.807, 2.05) is 48.7 Å². The van der Waals surface area contributed by atoms with Crippen molar-refractivity contribution in [1.29, 1.82) is 0 Å². The maximum atomic E-state index is 13.7. The lowest BCUT2D eigenvalue weighted by molar-refractivity contribution is 0.600. The van der Waals surface area contributed by atoms with Crippen molar-refractivity contribution in [3.05, 3.63) is 128 Å². The van der Waals surface area contributed by atoms with Crippen LogP contribution in [0.2, 0.25) is 10.0 Å². The van der Waals surface area contributed by atoms with Crippen molar-refractivity contribution >= 4 is 28.8 Å². The van der Waals surface area contributed by atoms with Gasteiger partial charge in [-0.3, -0.25) is 4.79 Å².